The second kappa shape index (κ2) is 7.57. The molecule has 5 nitrogen and oxygen atoms in total. The van der Waals surface area contributed by atoms with Crippen molar-refractivity contribution in [3.05, 3.63) is 72.6 Å². The van der Waals surface area contributed by atoms with Gasteiger partial charge in [0.1, 0.15) is 17.9 Å². The fourth-order valence-electron chi connectivity index (χ4n) is 2.41. The monoisotopic (exact) mass is 320 g/mol. The van der Waals surface area contributed by atoms with Crippen molar-refractivity contribution in [1.82, 2.24) is 9.97 Å². The number of hydrogen-bond donors (Lipinski definition) is 2. The van der Waals surface area contributed by atoms with Gasteiger partial charge in [0.15, 0.2) is 0 Å². The van der Waals surface area contributed by atoms with Crippen LogP contribution >= 0.6 is 0 Å². The van der Waals surface area contributed by atoms with Crippen molar-refractivity contribution in [3.63, 3.8) is 0 Å². The molecule has 0 aliphatic carbocycles. The summed E-state index contributed by atoms with van der Waals surface area (Å²) in [6.45, 7) is 0.600. The van der Waals surface area contributed by atoms with Crippen molar-refractivity contribution in [3.8, 4) is 17.0 Å². The van der Waals surface area contributed by atoms with Crippen molar-refractivity contribution in [2.45, 2.75) is 6.04 Å². The molecular weight excluding hydrogens is 300 g/mol. The third-order valence-corrected chi connectivity index (χ3v) is 3.78. The summed E-state index contributed by atoms with van der Waals surface area (Å²) < 4.78 is 5.18. The molecule has 0 fully saturated rings. The zero-order valence-corrected chi connectivity index (χ0v) is 13.5. The Morgan fingerprint density at radius 1 is 1.04 bits per heavy atom. The van der Waals surface area contributed by atoms with E-state index in [-0.39, 0.29) is 6.04 Å². The predicted molar refractivity (Wildman–Crippen MR) is 95.9 cm³/mol. The molecule has 0 radical (unpaired) electrons. The van der Waals surface area contributed by atoms with Crippen LogP contribution in [-0.4, -0.2) is 23.6 Å². The third kappa shape index (κ3) is 3.88. The van der Waals surface area contributed by atoms with Crippen molar-refractivity contribution < 1.29 is 4.74 Å². The molecule has 3 rings (SSSR count). The molecule has 1 heterocycles. The maximum atomic E-state index is 6.20. The molecular formula is C19H20N4O. The number of aromatic nitrogens is 2. The summed E-state index contributed by atoms with van der Waals surface area (Å²) in [6.07, 6.45) is 1.55. The Hall–Kier alpha value is -2.92. The van der Waals surface area contributed by atoms with Gasteiger partial charge in [-0.1, -0.05) is 30.3 Å². The number of hydrogen-bond acceptors (Lipinski definition) is 5. The van der Waals surface area contributed by atoms with Crippen molar-refractivity contribution >= 4 is 5.82 Å². The summed E-state index contributed by atoms with van der Waals surface area (Å²) >= 11 is 0. The molecule has 0 amide bonds. The summed E-state index contributed by atoms with van der Waals surface area (Å²) in [6, 6.07) is 19.6. The lowest BCUT2D eigenvalue weighted by Gasteiger charge is -2.14. The average Bonchev–Trinajstić information content (AvgIpc) is 2.67. The first-order chi connectivity index (χ1) is 11.8. The quantitative estimate of drug-likeness (QED) is 0.729. The summed E-state index contributed by atoms with van der Waals surface area (Å²) in [7, 11) is 1.65. The normalized spacial score (nSPS) is 11.8. The first kappa shape index (κ1) is 16.0. The first-order valence-corrected chi connectivity index (χ1v) is 7.77. The number of nitrogens with zero attached hydrogens (tertiary/aromatic N) is 2. The van der Waals surface area contributed by atoms with E-state index in [9.17, 15) is 0 Å². The molecule has 0 aliphatic rings. The molecule has 1 atom stereocenters. The Labute approximate surface area is 141 Å². The lowest BCUT2D eigenvalue weighted by Crippen LogP contribution is -2.20. The molecule has 1 unspecified atom stereocenters. The Morgan fingerprint density at radius 2 is 1.79 bits per heavy atom. The molecule has 5 heteroatoms. The van der Waals surface area contributed by atoms with Gasteiger partial charge in [-0.15, -0.1) is 0 Å². The van der Waals surface area contributed by atoms with Gasteiger partial charge in [-0.25, -0.2) is 9.97 Å². The van der Waals surface area contributed by atoms with Crippen LogP contribution in [0.4, 0.5) is 5.82 Å². The van der Waals surface area contributed by atoms with E-state index in [4.69, 9.17) is 10.5 Å². The zero-order valence-electron chi connectivity index (χ0n) is 13.5. The van der Waals surface area contributed by atoms with Crippen LogP contribution in [0.1, 0.15) is 11.6 Å². The third-order valence-electron chi connectivity index (χ3n) is 3.78. The SMILES string of the molecule is COc1ccc(-c2cc(NCC(N)c3ccccc3)ncn2)cc1. The molecule has 0 saturated carbocycles. The highest BCUT2D eigenvalue weighted by molar-refractivity contribution is 5.62. The molecule has 1 aromatic heterocycles. The van der Waals surface area contributed by atoms with Crippen LogP contribution in [0.3, 0.4) is 0 Å². The summed E-state index contributed by atoms with van der Waals surface area (Å²) in [5.41, 5.74) is 9.15. The molecule has 24 heavy (non-hydrogen) atoms. The largest absolute Gasteiger partial charge is 0.497 e. The van der Waals surface area contributed by atoms with Crippen molar-refractivity contribution in [2.75, 3.05) is 19.0 Å². The van der Waals surface area contributed by atoms with E-state index in [0.717, 1.165) is 28.4 Å². The van der Waals surface area contributed by atoms with E-state index in [2.05, 4.69) is 15.3 Å². The van der Waals surface area contributed by atoms with Gasteiger partial charge in [0, 0.05) is 24.2 Å². The highest BCUT2D eigenvalue weighted by atomic mass is 16.5. The smallest absolute Gasteiger partial charge is 0.130 e. The van der Waals surface area contributed by atoms with E-state index in [0.29, 0.717) is 6.54 Å². The minimum atomic E-state index is -0.0920. The van der Waals surface area contributed by atoms with Crippen LogP contribution in [0.25, 0.3) is 11.3 Å². The van der Waals surface area contributed by atoms with E-state index in [1.807, 2.05) is 60.7 Å². The summed E-state index contributed by atoms with van der Waals surface area (Å²) in [5, 5.41) is 3.27. The molecule has 122 valence electrons. The van der Waals surface area contributed by atoms with E-state index >= 15 is 0 Å². The molecule has 0 spiro atoms. The van der Waals surface area contributed by atoms with Crippen LogP contribution in [0.2, 0.25) is 0 Å². The van der Waals surface area contributed by atoms with Crippen molar-refractivity contribution in [1.29, 1.82) is 0 Å². The van der Waals surface area contributed by atoms with Crippen LogP contribution in [-0.2, 0) is 0 Å². The molecule has 0 aliphatic heterocycles. The van der Waals surface area contributed by atoms with Crippen LogP contribution in [0, 0.1) is 0 Å². The van der Waals surface area contributed by atoms with E-state index < -0.39 is 0 Å². The summed E-state index contributed by atoms with van der Waals surface area (Å²) in [4.78, 5) is 8.59. The Kier molecular flexibility index (Phi) is 5.03. The second-order valence-corrected chi connectivity index (χ2v) is 5.42. The molecule has 2 aromatic carbocycles. The highest BCUT2D eigenvalue weighted by Crippen LogP contribution is 2.22. The number of rotatable bonds is 6. The standard InChI is InChI=1S/C19H20N4O/c1-24-16-9-7-15(8-10-16)18-11-19(23-13-22-18)21-12-17(20)14-5-3-2-4-6-14/h2-11,13,17H,12,20H2,1H3,(H,21,22,23). The lowest BCUT2D eigenvalue weighted by atomic mass is 10.1. The van der Waals surface area contributed by atoms with Crippen LogP contribution in [0.15, 0.2) is 67.0 Å². The van der Waals surface area contributed by atoms with E-state index in [1.165, 1.54) is 0 Å². The minimum absolute atomic E-state index is 0.0920. The Balaban J connectivity index is 1.68. The maximum absolute atomic E-state index is 6.20. The highest BCUT2D eigenvalue weighted by Gasteiger charge is 2.07. The van der Waals surface area contributed by atoms with Gasteiger partial charge in [-0.3, -0.25) is 0 Å². The van der Waals surface area contributed by atoms with E-state index in [1.54, 1.807) is 13.4 Å². The fourth-order valence-corrected chi connectivity index (χ4v) is 2.41. The number of benzene rings is 2. The lowest BCUT2D eigenvalue weighted by molar-refractivity contribution is 0.415. The number of methoxy groups -OCH3 is 1. The maximum Gasteiger partial charge on any atom is 0.130 e. The summed E-state index contributed by atoms with van der Waals surface area (Å²) in [5.74, 6) is 1.57. The number of nitrogens with two attached hydrogens (primary N) is 1. The molecule has 3 N–H and O–H groups in total. The van der Waals surface area contributed by atoms with Gasteiger partial charge >= 0.3 is 0 Å². The molecule has 3 aromatic rings. The second-order valence-electron chi connectivity index (χ2n) is 5.42. The number of anilines is 1. The Bertz CT molecular complexity index is 775. The van der Waals surface area contributed by atoms with Crippen LogP contribution in [0.5, 0.6) is 5.75 Å². The molecule has 0 saturated heterocycles. The van der Waals surface area contributed by atoms with Gasteiger partial charge < -0.3 is 15.8 Å². The van der Waals surface area contributed by atoms with Gasteiger partial charge in [0.05, 0.1) is 12.8 Å². The van der Waals surface area contributed by atoms with Crippen LogP contribution < -0.4 is 15.8 Å². The van der Waals surface area contributed by atoms with Gasteiger partial charge in [-0.05, 0) is 29.8 Å². The number of nitrogens with one attached hydrogen (secondary N) is 1. The minimum Gasteiger partial charge on any atom is -0.497 e. The first-order valence-electron chi connectivity index (χ1n) is 7.77. The Morgan fingerprint density at radius 3 is 2.50 bits per heavy atom. The van der Waals surface area contributed by atoms with Gasteiger partial charge in [0.2, 0.25) is 0 Å². The van der Waals surface area contributed by atoms with Gasteiger partial charge in [-0.2, -0.15) is 0 Å². The zero-order chi connectivity index (χ0) is 16.8. The molecule has 0 bridgehead atoms. The fraction of sp³-hybridized carbons (Fsp3) is 0.158. The predicted octanol–water partition coefficient (Wildman–Crippen LogP) is 3.26. The van der Waals surface area contributed by atoms with Crippen molar-refractivity contribution in [2.24, 2.45) is 5.73 Å². The number of ether oxygens (including phenoxy) is 1. The average molecular weight is 320 g/mol. The van der Waals surface area contributed by atoms with Gasteiger partial charge in [0.25, 0.3) is 0 Å². The topological polar surface area (TPSA) is 73.1 Å².